The van der Waals surface area contributed by atoms with E-state index in [1.54, 1.807) is 0 Å². The van der Waals surface area contributed by atoms with Crippen LogP contribution in [0, 0.1) is 0 Å². The Balaban J connectivity index is 1.90. The summed E-state index contributed by atoms with van der Waals surface area (Å²) < 4.78 is 6.15. The normalized spacial score (nSPS) is 20.6. The number of ether oxygens (including phenoxy) is 1. The van der Waals surface area contributed by atoms with Crippen molar-refractivity contribution in [1.29, 1.82) is 0 Å². The van der Waals surface area contributed by atoms with Crippen LogP contribution in [0.1, 0.15) is 36.6 Å². The second-order valence-corrected chi connectivity index (χ2v) is 5.41. The molecule has 1 heterocycles. The van der Waals surface area contributed by atoms with Crippen LogP contribution in [0.25, 0.3) is 6.08 Å². The third-order valence-corrected chi connectivity index (χ3v) is 3.60. The van der Waals surface area contributed by atoms with Crippen molar-refractivity contribution in [1.82, 2.24) is 0 Å². The average molecular weight is 250 g/mol. The van der Waals surface area contributed by atoms with Gasteiger partial charge in [-0.25, -0.2) is 0 Å². The molecule has 1 atom stereocenters. The lowest BCUT2D eigenvalue weighted by Crippen LogP contribution is -2.15. The van der Waals surface area contributed by atoms with Crippen LogP contribution in [0.4, 0.5) is 0 Å². The first-order valence-electron chi connectivity index (χ1n) is 6.67. The minimum Gasteiger partial charge on any atom is -0.359 e. The molecule has 0 saturated heterocycles. The van der Waals surface area contributed by atoms with Gasteiger partial charge in [0.25, 0.3) is 0 Å². The molecule has 96 valence electrons. The first kappa shape index (κ1) is 12.2. The molecule has 0 fully saturated rings. The summed E-state index contributed by atoms with van der Waals surface area (Å²) in [4.78, 5) is 0. The molecule has 3 rings (SSSR count). The Kier molecular flexibility index (Phi) is 3.00. The minimum absolute atomic E-state index is 0.0476. The highest BCUT2D eigenvalue weighted by molar-refractivity contribution is 5.51. The zero-order chi connectivity index (χ0) is 13.3. The van der Waals surface area contributed by atoms with Gasteiger partial charge in [0.15, 0.2) is 0 Å². The largest absolute Gasteiger partial charge is 0.359 e. The third-order valence-electron chi connectivity index (χ3n) is 3.60. The summed E-state index contributed by atoms with van der Waals surface area (Å²) in [6, 6.07) is 18.8. The van der Waals surface area contributed by atoms with Gasteiger partial charge in [0.2, 0.25) is 0 Å². The Morgan fingerprint density at radius 1 is 0.947 bits per heavy atom. The number of hydrogen-bond acceptors (Lipinski definition) is 1. The summed E-state index contributed by atoms with van der Waals surface area (Å²) in [5.41, 5.74) is 3.56. The molecule has 0 aromatic heterocycles. The number of fused-ring (bicyclic) bond motifs is 1. The lowest BCUT2D eigenvalue weighted by atomic mass is 9.94. The maximum atomic E-state index is 6.15. The first-order valence-corrected chi connectivity index (χ1v) is 6.67. The van der Waals surface area contributed by atoms with Crippen molar-refractivity contribution in [2.45, 2.75) is 25.6 Å². The topological polar surface area (TPSA) is 9.23 Å². The van der Waals surface area contributed by atoms with Crippen LogP contribution in [0.5, 0.6) is 0 Å². The molecular weight excluding hydrogens is 232 g/mol. The van der Waals surface area contributed by atoms with Gasteiger partial charge in [0, 0.05) is 0 Å². The molecule has 1 unspecified atom stereocenters. The van der Waals surface area contributed by atoms with Crippen LogP contribution in [-0.2, 0) is 10.3 Å². The predicted molar refractivity (Wildman–Crippen MR) is 78.8 cm³/mol. The number of rotatable bonds is 2. The molecule has 19 heavy (non-hydrogen) atoms. The van der Waals surface area contributed by atoms with E-state index in [4.69, 9.17) is 4.74 Å². The first-order chi connectivity index (χ1) is 9.17. The van der Waals surface area contributed by atoms with Crippen LogP contribution < -0.4 is 0 Å². The lowest BCUT2D eigenvalue weighted by Gasteiger charge is -2.19. The third kappa shape index (κ3) is 2.34. The van der Waals surface area contributed by atoms with Crippen molar-refractivity contribution in [2.75, 3.05) is 0 Å². The van der Waals surface area contributed by atoms with Crippen LogP contribution in [0.3, 0.4) is 0 Å². The van der Waals surface area contributed by atoms with Gasteiger partial charge in [-0.1, -0.05) is 66.7 Å². The van der Waals surface area contributed by atoms with Crippen molar-refractivity contribution >= 4 is 6.08 Å². The second-order valence-electron chi connectivity index (χ2n) is 5.41. The Morgan fingerprint density at radius 2 is 1.63 bits per heavy atom. The van der Waals surface area contributed by atoms with E-state index >= 15 is 0 Å². The Hall–Kier alpha value is -1.86. The Morgan fingerprint density at radius 3 is 2.42 bits per heavy atom. The van der Waals surface area contributed by atoms with E-state index in [0.29, 0.717) is 0 Å². The van der Waals surface area contributed by atoms with Crippen molar-refractivity contribution in [3.8, 4) is 0 Å². The van der Waals surface area contributed by atoms with E-state index in [2.05, 4.69) is 62.4 Å². The molecule has 0 aliphatic carbocycles. The molecule has 0 N–H and O–H groups in total. The van der Waals surface area contributed by atoms with E-state index in [0.717, 1.165) is 0 Å². The van der Waals surface area contributed by atoms with Crippen molar-refractivity contribution in [3.05, 3.63) is 77.4 Å². The van der Waals surface area contributed by atoms with Crippen molar-refractivity contribution < 1.29 is 4.74 Å². The van der Waals surface area contributed by atoms with Gasteiger partial charge < -0.3 is 4.74 Å². The highest BCUT2D eigenvalue weighted by Gasteiger charge is 2.35. The molecule has 2 aromatic carbocycles. The van der Waals surface area contributed by atoms with E-state index in [-0.39, 0.29) is 11.7 Å². The van der Waals surface area contributed by atoms with E-state index < -0.39 is 0 Å². The number of hydrogen-bond donors (Lipinski definition) is 0. The molecule has 1 heteroatoms. The Labute approximate surface area is 114 Å². The van der Waals surface area contributed by atoms with Gasteiger partial charge in [0.1, 0.15) is 6.10 Å². The van der Waals surface area contributed by atoms with E-state index in [1.165, 1.54) is 16.7 Å². The summed E-state index contributed by atoms with van der Waals surface area (Å²) >= 11 is 0. The lowest BCUT2D eigenvalue weighted by molar-refractivity contribution is -0.0305. The van der Waals surface area contributed by atoms with Crippen molar-refractivity contribution in [3.63, 3.8) is 0 Å². The van der Waals surface area contributed by atoms with Gasteiger partial charge in [-0.3, -0.25) is 0 Å². The Bertz CT molecular complexity index is 596. The molecule has 1 aliphatic heterocycles. The fourth-order valence-corrected chi connectivity index (χ4v) is 2.64. The van der Waals surface area contributed by atoms with Crippen molar-refractivity contribution in [2.24, 2.45) is 0 Å². The summed E-state index contributed by atoms with van der Waals surface area (Å²) in [5, 5.41) is 0. The van der Waals surface area contributed by atoms with Crippen LogP contribution in [0.15, 0.2) is 60.7 Å². The SMILES string of the molecule is CC1(C)OC(/C=C\c2ccccc2)c2ccccc21. The molecule has 2 aromatic rings. The molecule has 0 radical (unpaired) electrons. The zero-order valence-electron chi connectivity index (χ0n) is 11.3. The average Bonchev–Trinajstić information content (AvgIpc) is 2.70. The molecule has 1 aliphatic rings. The summed E-state index contributed by atoms with van der Waals surface area (Å²) in [5.74, 6) is 0. The summed E-state index contributed by atoms with van der Waals surface area (Å²) in [6.07, 6.45) is 4.32. The fourth-order valence-electron chi connectivity index (χ4n) is 2.64. The minimum atomic E-state index is -0.206. The van der Waals surface area contributed by atoms with Gasteiger partial charge >= 0.3 is 0 Å². The quantitative estimate of drug-likeness (QED) is 0.750. The highest BCUT2D eigenvalue weighted by atomic mass is 16.5. The highest BCUT2D eigenvalue weighted by Crippen LogP contribution is 2.43. The van der Waals surface area contributed by atoms with Crippen LogP contribution >= 0.6 is 0 Å². The van der Waals surface area contributed by atoms with E-state index in [1.807, 2.05) is 18.2 Å². The van der Waals surface area contributed by atoms with Gasteiger partial charge in [-0.15, -0.1) is 0 Å². The number of benzene rings is 2. The van der Waals surface area contributed by atoms with Crippen LogP contribution in [0.2, 0.25) is 0 Å². The van der Waals surface area contributed by atoms with E-state index in [9.17, 15) is 0 Å². The fraction of sp³-hybridized carbons (Fsp3) is 0.222. The van der Waals surface area contributed by atoms with Gasteiger partial charge in [0.05, 0.1) is 5.60 Å². The smallest absolute Gasteiger partial charge is 0.103 e. The maximum absolute atomic E-state index is 6.15. The second kappa shape index (κ2) is 4.67. The molecule has 0 saturated carbocycles. The monoisotopic (exact) mass is 250 g/mol. The predicted octanol–water partition coefficient (Wildman–Crippen LogP) is 4.71. The molecule has 0 spiro atoms. The van der Waals surface area contributed by atoms with Gasteiger partial charge in [-0.05, 0) is 30.5 Å². The molecule has 0 bridgehead atoms. The summed E-state index contributed by atoms with van der Waals surface area (Å²) in [7, 11) is 0. The van der Waals surface area contributed by atoms with Gasteiger partial charge in [-0.2, -0.15) is 0 Å². The zero-order valence-corrected chi connectivity index (χ0v) is 11.3. The molecule has 1 nitrogen and oxygen atoms in total. The van der Waals surface area contributed by atoms with Crippen LogP contribution in [-0.4, -0.2) is 0 Å². The summed E-state index contributed by atoms with van der Waals surface area (Å²) in [6.45, 7) is 4.25. The molecule has 0 amide bonds. The molecular formula is C18H18O. The maximum Gasteiger partial charge on any atom is 0.103 e. The standard InChI is InChI=1S/C18H18O/c1-18(2)16-11-7-6-10-15(16)17(19-18)13-12-14-8-4-3-5-9-14/h3-13,17H,1-2H3/b13-12-.